The summed E-state index contributed by atoms with van der Waals surface area (Å²) in [6, 6.07) is 10.7. The van der Waals surface area contributed by atoms with Crippen LogP contribution >= 0.6 is 11.3 Å². The standard InChI is InChI=1S/C21H23N3O6S3/c1-30-17-4-3-5-18-19(17)22-21(31-18)23-20(25)14-10-12-24(13-11-14)33(28,29)16-8-6-15(7-9-16)32(2,26)27/h3-9,14H,10-13H2,1-2H3,(H,22,23,25). The van der Waals surface area contributed by atoms with E-state index in [0.717, 1.165) is 11.0 Å². The quantitative estimate of drug-likeness (QED) is 0.542. The first kappa shape index (κ1) is 23.6. The van der Waals surface area contributed by atoms with Crippen LogP contribution in [0.5, 0.6) is 5.75 Å². The van der Waals surface area contributed by atoms with Crippen LogP contribution < -0.4 is 10.1 Å². The lowest BCUT2D eigenvalue weighted by atomic mass is 9.97. The highest BCUT2D eigenvalue weighted by Crippen LogP contribution is 2.33. The maximum Gasteiger partial charge on any atom is 0.243 e. The second-order valence-electron chi connectivity index (χ2n) is 7.74. The van der Waals surface area contributed by atoms with Crippen LogP contribution in [-0.2, 0) is 24.7 Å². The van der Waals surface area contributed by atoms with Crippen molar-refractivity contribution in [2.75, 3.05) is 31.8 Å². The summed E-state index contributed by atoms with van der Waals surface area (Å²) in [7, 11) is -5.62. The Morgan fingerprint density at radius 3 is 2.30 bits per heavy atom. The van der Waals surface area contributed by atoms with Crippen molar-refractivity contribution >= 4 is 52.5 Å². The zero-order valence-corrected chi connectivity index (χ0v) is 20.5. The minimum Gasteiger partial charge on any atom is -0.494 e. The summed E-state index contributed by atoms with van der Waals surface area (Å²) in [6.07, 6.45) is 1.82. The summed E-state index contributed by atoms with van der Waals surface area (Å²) < 4.78 is 56.6. The Morgan fingerprint density at radius 2 is 1.70 bits per heavy atom. The first-order valence-corrected chi connectivity index (χ1v) is 14.3. The Kier molecular flexibility index (Phi) is 6.45. The maximum atomic E-state index is 12.9. The monoisotopic (exact) mass is 509 g/mol. The molecule has 1 saturated heterocycles. The second kappa shape index (κ2) is 9.01. The number of sulfonamides is 1. The Morgan fingerprint density at radius 1 is 1.06 bits per heavy atom. The Balaban J connectivity index is 1.40. The molecule has 0 unspecified atom stereocenters. The van der Waals surface area contributed by atoms with Gasteiger partial charge in [-0.3, -0.25) is 4.79 Å². The van der Waals surface area contributed by atoms with Crippen LogP contribution in [0.4, 0.5) is 5.13 Å². The highest BCUT2D eigenvalue weighted by atomic mass is 32.2. The molecule has 1 aliphatic heterocycles. The van der Waals surface area contributed by atoms with Crippen molar-refractivity contribution in [3.05, 3.63) is 42.5 Å². The van der Waals surface area contributed by atoms with Crippen LogP contribution in [0.3, 0.4) is 0 Å². The van der Waals surface area contributed by atoms with E-state index in [1.807, 2.05) is 12.1 Å². The van der Waals surface area contributed by atoms with Gasteiger partial charge in [0.15, 0.2) is 15.0 Å². The topological polar surface area (TPSA) is 123 Å². The number of anilines is 1. The summed E-state index contributed by atoms with van der Waals surface area (Å²) in [5.41, 5.74) is 0.683. The molecule has 176 valence electrons. The number of aromatic nitrogens is 1. The molecule has 9 nitrogen and oxygen atoms in total. The number of amides is 1. The third-order valence-corrected chi connectivity index (χ3v) is 9.52. The van der Waals surface area contributed by atoms with Gasteiger partial charge in [0.25, 0.3) is 0 Å². The molecule has 0 bridgehead atoms. The average molecular weight is 510 g/mol. The molecule has 0 aliphatic carbocycles. The molecule has 1 aromatic heterocycles. The lowest BCUT2D eigenvalue weighted by Gasteiger charge is -2.30. The number of hydrogen-bond donors (Lipinski definition) is 1. The molecule has 0 spiro atoms. The van der Waals surface area contributed by atoms with Crippen molar-refractivity contribution in [1.82, 2.24) is 9.29 Å². The molecule has 3 aromatic rings. The van der Waals surface area contributed by atoms with Crippen molar-refractivity contribution in [3.63, 3.8) is 0 Å². The number of ether oxygens (including phenoxy) is 1. The normalized spacial score (nSPS) is 16.1. The summed E-state index contributed by atoms with van der Waals surface area (Å²) in [6.45, 7) is 0.393. The number of carbonyl (C=O) groups is 1. The van der Waals surface area contributed by atoms with Crippen LogP contribution in [0.1, 0.15) is 12.8 Å². The van der Waals surface area contributed by atoms with E-state index in [9.17, 15) is 21.6 Å². The van der Waals surface area contributed by atoms with Gasteiger partial charge in [0.1, 0.15) is 11.3 Å². The maximum absolute atomic E-state index is 12.9. The molecule has 0 saturated carbocycles. The molecular weight excluding hydrogens is 486 g/mol. The van der Waals surface area contributed by atoms with E-state index >= 15 is 0 Å². The van der Waals surface area contributed by atoms with Gasteiger partial charge in [-0.1, -0.05) is 17.4 Å². The lowest BCUT2D eigenvalue weighted by molar-refractivity contribution is -0.120. The number of fused-ring (bicyclic) bond motifs is 1. The molecule has 2 aromatic carbocycles. The van der Waals surface area contributed by atoms with Crippen LogP contribution in [0.15, 0.2) is 52.3 Å². The summed E-state index contributed by atoms with van der Waals surface area (Å²) in [5, 5.41) is 3.32. The first-order valence-electron chi connectivity index (χ1n) is 10.1. The number of piperidine rings is 1. The molecule has 12 heteroatoms. The Hall–Kier alpha value is -2.54. The zero-order valence-electron chi connectivity index (χ0n) is 18.0. The predicted octanol–water partition coefficient (Wildman–Crippen LogP) is 2.75. The zero-order chi connectivity index (χ0) is 23.8. The van der Waals surface area contributed by atoms with E-state index in [-0.39, 0.29) is 34.7 Å². The fourth-order valence-electron chi connectivity index (χ4n) is 3.72. The van der Waals surface area contributed by atoms with Gasteiger partial charge < -0.3 is 10.1 Å². The predicted molar refractivity (Wildman–Crippen MR) is 126 cm³/mol. The third kappa shape index (κ3) is 4.88. The van der Waals surface area contributed by atoms with Crippen molar-refractivity contribution in [1.29, 1.82) is 0 Å². The number of methoxy groups -OCH3 is 1. The number of benzene rings is 2. The van der Waals surface area contributed by atoms with Crippen LogP contribution in [0.2, 0.25) is 0 Å². The minimum atomic E-state index is -3.77. The van der Waals surface area contributed by atoms with E-state index in [0.29, 0.717) is 29.2 Å². The van der Waals surface area contributed by atoms with E-state index in [1.54, 1.807) is 13.2 Å². The molecule has 4 rings (SSSR count). The number of nitrogens with one attached hydrogen (secondary N) is 1. The average Bonchev–Trinajstić information content (AvgIpc) is 3.21. The van der Waals surface area contributed by atoms with Gasteiger partial charge in [-0.05, 0) is 49.2 Å². The van der Waals surface area contributed by atoms with Crippen molar-refractivity contribution < 1.29 is 26.4 Å². The largest absolute Gasteiger partial charge is 0.494 e. The van der Waals surface area contributed by atoms with E-state index in [4.69, 9.17) is 4.74 Å². The fourth-order valence-corrected chi connectivity index (χ4v) is 6.70. The summed E-state index contributed by atoms with van der Waals surface area (Å²) >= 11 is 1.35. The van der Waals surface area contributed by atoms with E-state index < -0.39 is 19.9 Å². The SMILES string of the molecule is COc1cccc2sc(NC(=O)C3CCN(S(=O)(=O)c4ccc(S(C)(=O)=O)cc4)CC3)nc12. The van der Waals surface area contributed by atoms with Crippen molar-refractivity contribution in [3.8, 4) is 5.75 Å². The van der Waals surface area contributed by atoms with Crippen LogP contribution in [0.25, 0.3) is 10.2 Å². The molecule has 2 heterocycles. The van der Waals surface area contributed by atoms with Gasteiger partial charge in [0, 0.05) is 25.3 Å². The van der Waals surface area contributed by atoms with Crippen LogP contribution in [0, 0.1) is 5.92 Å². The summed E-state index contributed by atoms with van der Waals surface area (Å²) in [5.74, 6) is 0.105. The molecular formula is C21H23N3O6S3. The minimum absolute atomic E-state index is 0.0289. The van der Waals surface area contributed by atoms with Gasteiger partial charge in [0.05, 0.1) is 21.6 Å². The van der Waals surface area contributed by atoms with Gasteiger partial charge in [0.2, 0.25) is 15.9 Å². The number of nitrogens with zero attached hydrogens (tertiary/aromatic N) is 2. The molecule has 1 fully saturated rings. The fraction of sp³-hybridized carbons (Fsp3) is 0.333. The smallest absolute Gasteiger partial charge is 0.243 e. The molecule has 1 amide bonds. The molecule has 0 radical (unpaired) electrons. The van der Waals surface area contributed by atoms with E-state index in [2.05, 4.69) is 10.3 Å². The number of thiazole rings is 1. The molecule has 1 aliphatic rings. The third-order valence-electron chi connectivity index (χ3n) is 5.55. The molecule has 33 heavy (non-hydrogen) atoms. The number of carbonyl (C=O) groups excluding carboxylic acids is 1. The van der Waals surface area contributed by atoms with Gasteiger partial charge >= 0.3 is 0 Å². The number of sulfone groups is 1. The lowest BCUT2D eigenvalue weighted by Crippen LogP contribution is -2.41. The summed E-state index contributed by atoms with van der Waals surface area (Å²) in [4.78, 5) is 17.3. The second-order valence-corrected chi connectivity index (χ2v) is 12.7. The molecule has 0 atom stereocenters. The Labute approximate surface area is 196 Å². The van der Waals surface area contributed by atoms with Gasteiger partial charge in [-0.2, -0.15) is 4.31 Å². The number of para-hydroxylation sites is 1. The molecule has 1 N–H and O–H groups in total. The highest BCUT2D eigenvalue weighted by Gasteiger charge is 2.32. The van der Waals surface area contributed by atoms with Crippen molar-refractivity contribution in [2.45, 2.75) is 22.6 Å². The van der Waals surface area contributed by atoms with Gasteiger partial charge in [-0.15, -0.1) is 0 Å². The highest BCUT2D eigenvalue weighted by molar-refractivity contribution is 7.90. The van der Waals surface area contributed by atoms with Gasteiger partial charge in [-0.25, -0.2) is 21.8 Å². The first-order chi connectivity index (χ1) is 15.6. The number of hydrogen-bond acceptors (Lipinski definition) is 8. The Bertz CT molecular complexity index is 1390. The van der Waals surface area contributed by atoms with Crippen LogP contribution in [-0.4, -0.2) is 58.5 Å². The number of rotatable bonds is 6. The van der Waals surface area contributed by atoms with E-state index in [1.165, 1.54) is 39.9 Å². The van der Waals surface area contributed by atoms with Crippen molar-refractivity contribution in [2.24, 2.45) is 5.92 Å².